The maximum atomic E-state index is 11.9. The Morgan fingerprint density at radius 2 is 2.16 bits per heavy atom. The summed E-state index contributed by atoms with van der Waals surface area (Å²) in [5.41, 5.74) is 2.45. The molecule has 2 N–H and O–H groups in total. The predicted molar refractivity (Wildman–Crippen MR) is 79.0 cm³/mol. The van der Waals surface area contributed by atoms with Gasteiger partial charge in [0.25, 0.3) is 5.56 Å². The number of thiol groups is 1. The first-order valence-electron chi connectivity index (χ1n) is 6.03. The lowest BCUT2D eigenvalue weighted by atomic mass is 10.1. The third kappa shape index (κ3) is 3.82. The van der Waals surface area contributed by atoms with Gasteiger partial charge in [0.1, 0.15) is 0 Å². The first-order chi connectivity index (χ1) is 9.19. The zero-order valence-corrected chi connectivity index (χ0v) is 11.6. The maximum absolute atomic E-state index is 11.9. The zero-order valence-electron chi connectivity index (χ0n) is 10.7. The summed E-state index contributed by atoms with van der Waals surface area (Å²) in [6, 6.07) is 3.90. The molecule has 0 aliphatic heterocycles. The van der Waals surface area contributed by atoms with E-state index in [2.05, 4.69) is 32.9 Å². The van der Waals surface area contributed by atoms with Gasteiger partial charge in [-0.15, -0.1) is 0 Å². The Morgan fingerprint density at radius 1 is 1.32 bits per heavy atom. The molecule has 2 aromatic rings. The fourth-order valence-electron chi connectivity index (χ4n) is 1.63. The van der Waals surface area contributed by atoms with Crippen molar-refractivity contribution >= 4 is 18.6 Å². The summed E-state index contributed by atoms with van der Waals surface area (Å²) >= 11 is 4.08. The van der Waals surface area contributed by atoms with Gasteiger partial charge in [0.05, 0.1) is 0 Å². The first kappa shape index (κ1) is 13.6. The number of aryl methyl sites for hydroxylation is 1. The van der Waals surface area contributed by atoms with Crippen LogP contribution >= 0.6 is 12.6 Å². The fraction of sp³-hybridized carbons (Fsp3) is 0.308. The van der Waals surface area contributed by atoms with Crippen LogP contribution in [-0.4, -0.2) is 27.2 Å². The van der Waals surface area contributed by atoms with Crippen LogP contribution in [0.2, 0.25) is 0 Å². The predicted octanol–water partition coefficient (Wildman–Crippen LogP) is 1.41. The number of aromatic amines is 1. The Labute approximate surface area is 116 Å². The van der Waals surface area contributed by atoms with Crippen LogP contribution in [0.25, 0.3) is 0 Å². The molecule has 0 bridgehead atoms. The highest BCUT2D eigenvalue weighted by Gasteiger charge is 2.04. The molecule has 19 heavy (non-hydrogen) atoms. The number of nitrogens with one attached hydrogen (secondary N) is 2. The largest absolute Gasteiger partial charge is 0.355 e. The molecule has 100 valence electrons. The highest BCUT2D eigenvalue weighted by Crippen LogP contribution is 2.05. The average molecular weight is 276 g/mol. The van der Waals surface area contributed by atoms with Crippen molar-refractivity contribution in [1.82, 2.24) is 15.0 Å². The van der Waals surface area contributed by atoms with Crippen molar-refractivity contribution in [2.75, 3.05) is 17.6 Å². The SMILES string of the molecule is Cc1ccc(Cc2cnc(NCCS)[nH]c2=O)cn1. The van der Waals surface area contributed by atoms with Crippen LogP contribution in [0.4, 0.5) is 5.95 Å². The van der Waals surface area contributed by atoms with Crippen molar-refractivity contribution in [3.8, 4) is 0 Å². The van der Waals surface area contributed by atoms with Gasteiger partial charge in [-0.25, -0.2) is 4.98 Å². The molecule has 0 aliphatic rings. The molecular weight excluding hydrogens is 260 g/mol. The lowest BCUT2D eigenvalue weighted by Gasteiger charge is -2.05. The Bertz CT molecular complexity index is 594. The van der Waals surface area contributed by atoms with E-state index < -0.39 is 0 Å². The third-order valence-electron chi connectivity index (χ3n) is 2.64. The van der Waals surface area contributed by atoms with Gasteiger partial charge in [0.2, 0.25) is 5.95 Å². The second-order valence-corrected chi connectivity index (χ2v) is 4.67. The summed E-state index contributed by atoms with van der Waals surface area (Å²) < 4.78 is 0. The summed E-state index contributed by atoms with van der Waals surface area (Å²) in [6.07, 6.45) is 3.91. The van der Waals surface area contributed by atoms with E-state index in [9.17, 15) is 4.79 Å². The van der Waals surface area contributed by atoms with Gasteiger partial charge in [0.15, 0.2) is 0 Å². The van der Waals surface area contributed by atoms with Crippen molar-refractivity contribution in [3.63, 3.8) is 0 Å². The minimum Gasteiger partial charge on any atom is -0.355 e. The molecule has 6 heteroatoms. The molecule has 0 saturated carbocycles. The lowest BCUT2D eigenvalue weighted by molar-refractivity contribution is 0.999. The van der Waals surface area contributed by atoms with Gasteiger partial charge >= 0.3 is 0 Å². The molecule has 0 unspecified atom stereocenters. The molecule has 0 aliphatic carbocycles. The number of nitrogens with zero attached hydrogens (tertiary/aromatic N) is 2. The quantitative estimate of drug-likeness (QED) is 0.722. The molecule has 0 saturated heterocycles. The smallest absolute Gasteiger partial charge is 0.255 e. The zero-order chi connectivity index (χ0) is 13.7. The van der Waals surface area contributed by atoms with Gasteiger partial charge < -0.3 is 5.32 Å². The molecule has 2 rings (SSSR count). The fourth-order valence-corrected chi connectivity index (χ4v) is 1.75. The number of anilines is 1. The Hall–Kier alpha value is -1.82. The van der Waals surface area contributed by atoms with Crippen LogP contribution in [0.15, 0.2) is 29.3 Å². The summed E-state index contributed by atoms with van der Waals surface area (Å²) in [5, 5.41) is 2.98. The van der Waals surface area contributed by atoms with Gasteiger partial charge in [-0.1, -0.05) is 6.07 Å². The summed E-state index contributed by atoms with van der Waals surface area (Å²) in [4.78, 5) is 23.0. The molecule has 0 radical (unpaired) electrons. The van der Waals surface area contributed by atoms with Crippen molar-refractivity contribution in [3.05, 3.63) is 51.7 Å². The van der Waals surface area contributed by atoms with E-state index in [0.717, 1.165) is 11.3 Å². The first-order valence-corrected chi connectivity index (χ1v) is 6.67. The molecule has 0 aromatic carbocycles. The second-order valence-electron chi connectivity index (χ2n) is 4.22. The van der Waals surface area contributed by atoms with E-state index >= 15 is 0 Å². The summed E-state index contributed by atoms with van der Waals surface area (Å²) in [6.45, 7) is 2.59. The minimum absolute atomic E-state index is 0.128. The minimum atomic E-state index is -0.128. The Morgan fingerprint density at radius 3 is 2.79 bits per heavy atom. The van der Waals surface area contributed by atoms with Crippen molar-refractivity contribution in [2.45, 2.75) is 13.3 Å². The highest BCUT2D eigenvalue weighted by molar-refractivity contribution is 7.80. The van der Waals surface area contributed by atoms with Crippen LogP contribution in [0.1, 0.15) is 16.8 Å². The third-order valence-corrected chi connectivity index (χ3v) is 2.87. The molecule has 0 amide bonds. The van der Waals surface area contributed by atoms with Gasteiger partial charge in [-0.05, 0) is 18.6 Å². The van der Waals surface area contributed by atoms with Gasteiger partial charge in [-0.2, -0.15) is 12.6 Å². The van der Waals surface area contributed by atoms with Crippen LogP contribution < -0.4 is 10.9 Å². The molecule has 2 aromatic heterocycles. The van der Waals surface area contributed by atoms with Crippen LogP contribution in [-0.2, 0) is 6.42 Å². The molecule has 0 atom stereocenters. The van der Waals surface area contributed by atoms with Gasteiger partial charge in [0, 0.05) is 42.4 Å². The van der Waals surface area contributed by atoms with E-state index in [1.54, 1.807) is 12.4 Å². The molecule has 2 heterocycles. The standard InChI is InChI=1S/C13H16N4OS/c1-9-2-3-10(7-15-9)6-11-8-16-13(14-4-5-19)17-12(11)18/h2-3,7-8,19H,4-6H2,1H3,(H2,14,16,17,18). The molecule has 0 fully saturated rings. The van der Waals surface area contributed by atoms with Crippen molar-refractivity contribution < 1.29 is 0 Å². The number of pyridine rings is 1. The Kier molecular flexibility index (Phi) is 4.57. The Balaban J connectivity index is 2.13. The van der Waals surface area contributed by atoms with E-state index in [1.807, 2.05) is 19.1 Å². The normalized spacial score (nSPS) is 10.4. The van der Waals surface area contributed by atoms with Gasteiger partial charge in [-0.3, -0.25) is 14.8 Å². The van der Waals surface area contributed by atoms with E-state index in [0.29, 0.717) is 30.2 Å². The highest BCUT2D eigenvalue weighted by atomic mass is 32.1. The van der Waals surface area contributed by atoms with Crippen LogP contribution in [0, 0.1) is 6.92 Å². The number of hydrogen-bond donors (Lipinski definition) is 3. The number of aromatic nitrogens is 3. The molecule has 5 nitrogen and oxygen atoms in total. The van der Waals surface area contributed by atoms with E-state index in [4.69, 9.17) is 0 Å². The van der Waals surface area contributed by atoms with Crippen molar-refractivity contribution in [2.24, 2.45) is 0 Å². The topological polar surface area (TPSA) is 70.7 Å². The summed E-state index contributed by atoms with van der Waals surface area (Å²) in [5.74, 6) is 1.16. The average Bonchev–Trinajstić information content (AvgIpc) is 2.41. The van der Waals surface area contributed by atoms with E-state index in [1.165, 1.54) is 0 Å². The number of hydrogen-bond acceptors (Lipinski definition) is 5. The van der Waals surface area contributed by atoms with Crippen LogP contribution in [0.3, 0.4) is 0 Å². The molecule has 0 spiro atoms. The number of rotatable bonds is 5. The van der Waals surface area contributed by atoms with Crippen LogP contribution in [0.5, 0.6) is 0 Å². The molecular formula is C13H16N4OS. The lowest BCUT2D eigenvalue weighted by Crippen LogP contribution is -2.17. The monoisotopic (exact) mass is 276 g/mol. The second kappa shape index (κ2) is 6.38. The maximum Gasteiger partial charge on any atom is 0.255 e. The summed E-state index contributed by atoms with van der Waals surface area (Å²) in [7, 11) is 0. The van der Waals surface area contributed by atoms with Crippen molar-refractivity contribution in [1.29, 1.82) is 0 Å². The number of H-pyrrole nitrogens is 1. The van der Waals surface area contributed by atoms with E-state index in [-0.39, 0.29) is 5.56 Å².